The monoisotopic (exact) mass is 188 g/mol. The van der Waals surface area contributed by atoms with E-state index in [0.717, 1.165) is 19.3 Å². The third-order valence-corrected chi connectivity index (χ3v) is 1.79. The lowest BCUT2D eigenvalue weighted by Gasteiger charge is -2.04. The Morgan fingerprint density at radius 3 is 2.58 bits per heavy atom. The van der Waals surface area contributed by atoms with E-state index in [-0.39, 0.29) is 5.91 Å². The number of hydrogen-bond acceptors (Lipinski definition) is 2. The first-order valence-electron chi connectivity index (χ1n) is 4.22. The Morgan fingerprint density at radius 1 is 1.42 bits per heavy atom. The fourth-order valence-corrected chi connectivity index (χ4v) is 0.901. The smallest absolute Gasteiger partial charge is 0.226 e. The van der Waals surface area contributed by atoms with Gasteiger partial charge in [-0.05, 0) is 18.6 Å². The molecule has 0 unspecified atom stereocenters. The van der Waals surface area contributed by atoms with Crippen molar-refractivity contribution in [3.8, 4) is 0 Å². The van der Waals surface area contributed by atoms with Gasteiger partial charge in [-0.2, -0.15) is 0 Å². The van der Waals surface area contributed by atoms with E-state index in [1.54, 1.807) is 7.05 Å². The number of thiocarbonyl (C=S) groups is 1. The molecule has 0 aliphatic rings. The topological polar surface area (TPSA) is 41.1 Å². The van der Waals surface area contributed by atoms with Crippen LogP contribution in [-0.2, 0) is 4.79 Å². The molecular weight excluding hydrogens is 172 g/mol. The van der Waals surface area contributed by atoms with Gasteiger partial charge in [-0.25, -0.2) is 0 Å². The van der Waals surface area contributed by atoms with Gasteiger partial charge in [0.05, 0.1) is 0 Å². The highest BCUT2D eigenvalue weighted by Gasteiger charge is 2.01. The van der Waals surface area contributed by atoms with Crippen LogP contribution in [0.1, 0.15) is 32.6 Å². The number of rotatable bonds is 4. The van der Waals surface area contributed by atoms with E-state index in [1.807, 2.05) is 0 Å². The van der Waals surface area contributed by atoms with Crippen molar-refractivity contribution in [3.63, 3.8) is 0 Å². The fourth-order valence-electron chi connectivity index (χ4n) is 0.787. The van der Waals surface area contributed by atoms with Gasteiger partial charge in [-0.3, -0.25) is 4.79 Å². The van der Waals surface area contributed by atoms with Gasteiger partial charge in [0.25, 0.3) is 0 Å². The summed E-state index contributed by atoms with van der Waals surface area (Å²) in [5.41, 5.74) is 0. The van der Waals surface area contributed by atoms with Crippen LogP contribution in [0.25, 0.3) is 0 Å². The molecule has 3 nitrogen and oxygen atoms in total. The Bertz CT molecular complexity index is 159. The van der Waals surface area contributed by atoms with Crippen molar-refractivity contribution in [2.24, 2.45) is 0 Å². The van der Waals surface area contributed by atoms with Crippen molar-refractivity contribution in [2.75, 3.05) is 7.05 Å². The van der Waals surface area contributed by atoms with Crippen LogP contribution in [0, 0.1) is 0 Å². The molecule has 0 aliphatic heterocycles. The van der Waals surface area contributed by atoms with Gasteiger partial charge in [-0.1, -0.05) is 19.8 Å². The molecule has 0 saturated heterocycles. The highest BCUT2D eigenvalue weighted by Crippen LogP contribution is 1.97. The minimum atomic E-state index is 0.00259. The van der Waals surface area contributed by atoms with Gasteiger partial charge in [0, 0.05) is 13.5 Å². The molecule has 2 N–H and O–H groups in total. The molecule has 0 bridgehead atoms. The van der Waals surface area contributed by atoms with Crippen molar-refractivity contribution >= 4 is 23.2 Å². The normalized spacial score (nSPS) is 9.17. The summed E-state index contributed by atoms with van der Waals surface area (Å²) in [6.07, 6.45) is 3.73. The summed E-state index contributed by atoms with van der Waals surface area (Å²) < 4.78 is 0. The van der Waals surface area contributed by atoms with Gasteiger partial charge in [0.2, 0.25) is 5.91 Å². The van der Waals surface area contributed by atoms with Gasteiger partial charge >= 0.3 is 0 Å². The molecular formula is C8H16N2OS. The molecule has 0 fully saturated rings. The second-order valence-electron chi connectivity index (χ2n) is 2.58. The molecule has 0 saturated carbocycles. The van der Waals surface area contributed by atoms with Crippen molar-refractivity contribution in [1.82, 2.24) is 10.6 Å². The number of nitrogens with one attached hydrogen (secondary N) is 2. The number of unbranched alkanes of at least 4 members (excludes halogenated alkanes) is 2. The zero-order chi connectivity index (χ0) is 9.40. The summed E-state index contributed by atoms with van der Waals surface area (Å²) >= 11 is 4.77. The molecule has 0 rings (SSSR count). The van der Waals surface area contributed by atoms with E-state index in [9.17, 15) is 4.79 Å². The maximum absolute atomic E-state index is 11.0. The summed E-state index contributed by atoms with van der Waals surface area (Å²) in [5.74, 6) is 0.00259. The summed E-state index contributed by atoms with van der Waals surface area (Å²) in [7, 11) is 1.69. The Balaban J connectivity index is 3.40. The zero-order valence-electron chi connectivity index (χ0n) is 7.64. The second-order valence-corrected chi connectivity index (χ2v) is 2.99. The van der Waals surface area contributed by atoms with Gasteiger partial charge in [0.15, 0.2) is 5.11 Å². The van der Waals surface area contributed by atoms with Crippen molar-refractivity contribution < 1.29 is 4.79 Å². The zero-order valence-corrected chi connectivity index (χ0v) is 8.46. The molecule has 0 spiro atoms. The summed E-state index contributed by atoms with van der Waals surface area (Å²) in [6, 6.07) is 0. The summed E-state index contributed by atoms with van der Waals surface area (Å²) in [4.78, 5) is 11.0. The molecule has 0 aromatic heterocycles. The van der Waals surface area contributed by atoms with Crippen molar-refractivity contribution in [2.45, 2.75) is 32.6 Å². The van der Waals surface area contributed by atoms with Crippen LogP contribution in [0.2, 0.25) is 0 Å². The quantitative estimate of drug-likeness (QED) is 0.514. The lowest BCUT2D eigenvalue weighted by Crippen LogP contribution is -2.36. The molecule has 0 radical (unpaired) electrons. The molecule has 0 aromatic rings. The molecule has 0 aliphatic carbocycles. The average Bonchev–Trinajstić information content (AvgIpc) is 2.05. The van der Waals surface area contributed by atoms with E-state index < -0.39 is 0 Å². The molecule has 4 heteroatoms. The molecule has 0 aromatic carbocycles. The fraction of sp³-hybridized carbons (Fsp3) is 0.750. The highest BCUT2D eigenvalue weighted by molar-refractivity contribution is 7.80. The average molecular weight is 188 g/mol. The lowest BCUT2D eigenvalue weighted by atomic mass is 10.2. The van der Waals surface area contributed by atoms with E-state index in [2.05, 4.69) is 17.6 Å². The highest BCUT2D eigenvalue weighted by atomic mass is 32.1. The molecule has 12 heavy (non-hydrogen) atoms. The van der Waals surface area contributed by atoms with Crippen LogP contribution in [0.3, 0.4) is 0 Å². The number of hydrogen-bond donors (Lipinski definition) is 2. The Morgan fingerprint density at radius 2 is 2.08 bits per heavy atom. The maximum Gasteiger partial charge on any atom is 0.226 e. The Kier molecular flexibility index (Phi) is 6.66. The Hall–Kier alpha value is -0.640. The summed E-state index contributed by atoms with van der Waals surface area (Å²) in [6.45, 7) is 2.11. The van der Waals surface area contributed by atoms with Crippen LogP contribution in [-0.4, -0.2) is 18.1 Å². The Labute approximate surface area is 78.9 Å². The first kappa shape index (κ1) is 11.4. The third kappa shape index (κ3) is 6.09. The van der Waals surface area contributed by atoms with E-state index in [1.165, 1.54) is 0 Å². The largest absolute Gasteiger partial charge is 0.365 e. The predicted octanol–water partition coefficient (Wildman–Crippen LogP) is 1.19. The van der Waals surface area contributed by atoms with E-state index in [4.69, 9.17) is 12.2 Å². The van der Waals surface area contributed by atoms with Crippen LogP contribution in [0.5, 0.6) is 0 Å². The van der Waals surface area contributed by atoms with E-state index >= 15 is 0 Å². The minimum Gasteiger partial charge on any atom is -0.365 e. The van der Waals surface area contributed by atoms with Gasteiger partial charge in [0.1, 0.15) is 0 Å². The minimum absolute atomic E-state index is 0.00259. The van der Waals surface area contributed by atoms with Crippen LogP contribution >= 0.6 is 12.2 Å². The first-order chi connectivity index (χ1) is 5.70. The molecule has 0 atom stereocenters. The molecule has 0 heterocycles. The number of carbonyl (C=O) groups excluding carboxylic acids is 1. The number of amides is 1. The predicted molar refractivity (Wildman–Crippen MR) is 53.9 cm³/mol. The number of carbonyl (C=O) groups is 1. The third-order valence-electron chi connectivity index (χ3n) is 1.49. The van der Waals surface area contributed by atoms with Crippen LogP contribution in [0.15, 0.2) is 0 Å². The SMILES string of the molecule is CCCCCC(=O)NC(=S)NC. The maximum atomic E-state index is 11.0. The van der Waals surface area contributed by atoms with E-state index in [0.29, 0.717) is 11.5 Å². The van der Waals surface area contributed by atoms with Gasteiger partial charge < -0.3 is 10.6 Å². The second kappa shape index (κ2) is 7.03. The van der Waals surface area contributed by atoms with Crippen molar-refractivity contribution in [1.29, 1.82) is 0 Å². The van der Waals surface area contributed by atoms with Crippen LogP contribution < -0.4 is 10.6 Å². The summed E-state index contributed by atoms with van der Waals surface area (Å²) in [5, 5.41) is 5.66. The lowest BCUT2D eigenvalue weighted by molar-refractivity contribution is -0.119. The molecule has 1 amide bonds. The van der Waals surface area contributed by atoms with Crippen LogP contribution in [0.4, 0.5) is 0 Å². The van der Waals surface area contributed by atoms with Crippen molar-refractivity contribution in [3.05, 3.63) is 0 Å². The molecule has 70 valence electrons. The standard InChI is InChI=1S/C8H16N2OS/c1-3-4-5-6-7(11)10-8(12)9-2/h3-6H2,1-2H3,(H2,9,10,11,12). The first-order valence-corrected chi connectivity index (χ1v) is 4.63. The van der Waals surface area contributed by atoms with Gasteiger partial charge in [-0.15, -0.1) is 0 Å².